The van der Waals surface area contributed by atoms with Gasteiger partial charge in [0.1, 0.15) is 5.75 Å². The van der Waals surface area contributed by atoms with Gasteiger partial charge in [0.05, 0.1) is 12.6 Å². The van der Waals surface area contributed by atoms with E-state index in [4.69, 9.17) is 4.74 Å². The molecular formula is C20H24N2O2. The number of methoxy groups -OCH3 is 1. The van der Waals surface area contributed by atoms with Crippen LogP contribution in [0.1, 0.15) is 35.7 Å². The Balaban J connectivity index is 2.20. The number of rotatable bonds is 8. The number of hydrogen-bond acceptors (Lipinski definition) is 3. The molecule has 0 unspecified atom stereocenters. The SMILES string of the molecule is C=CC[C@@](CC)(NNC(=O)c1ccccc1)c1ccc(OC)cc1. The number of hydrazine groups is 1. The summed E-state index contributed by atoms with van der Waals surface area (Å²) < 4.78 is 5.22. The first-order chi connectivity index (χ1) is 11.6. The molecule has 0 saturated heterocycles. The largest absolute Gasteiger partial charge is 0.497 e. The maximum absolute atomic E-state index is 12.3. The molecule has 0 aliphatic heterocycles. The molecule has 0 heterocycles. The fourth-order valence-corrected chi connectivity index (χ4v) is 2.67. The molecule has 24 heavy (non-hydrogen) atoms. The molecule has 0 aromatic heterocycles. The van der Waals surface area contributed by atoms with Crippen LogP contribution in [0.25, 0.3) is 0 Å². The molecule has 0 aliphatic rings. The van der Waals surface area contributed by atoms with E-state index in [0.717, 1.165) is 17.7 Å². The van der Waals surface area contributed by atoms with Gasteiger partial charge in [-0.05, 0) is 42.7 Å². The number of benzene rings is 2. The van der Waals surface area contributed by atoms with Crippen molar-refractivity contribution >= 4 is 5.91 Å². The molecule has 0 radical (unpaired) electrons. The normalized spacial score (nSPS) is 12.9. The van der Waals surface area contributed by atoms with Crippen LogP contribution in [-0.2, 0) is 5.54 Å². The molecule has 0 bridgehead atoms. The number of carbonyl (C=O) groups excluding carboxylic acids is 1. The van der Waals surface area contributed by atoms with Crippen molar-refractivity contribution in [2.24, 2.45) is 0 Å². The summed E-state index contributed by atoms with van der Waals surface area (Å²) in [5.41, 5.74) is 7.32. The molecule has 2 aromatic rings. The zero-order chi connectivity index (χ0) is 17.4. The Hall–Kier alpha value is -2.59. The molecule has 2 N–H and O–H groups in total. The number of carbonyl (C=O) groups is 1. The maximum Gasteiger partial charge on any atom is 0.265 e. The molecule has 2 rings (SSSR count). The fourth-order valence-electron chi connectivity index (χ4n) is 2.67. The summed E-state index contributed by atoms with van der Waals surface area (Å²) in [4.78, 5) is 12.3. The highest BCUT2D eigenvalue weighted by atomic mass is 16.5. The quantitative estimate of drug-likeness (QED) is 0.573. The van der Waals surface area contributed by atoms with Gasteiger partial charge in [0.15, 0.2) is 0 Å². The maximum atomic E-state index is 12.3. The van der Waals surface area contributed by atoms with E-state index < -0.39 is 5.54 Å². The molecule has 0 fully saturated rings. The van der Waals surface area contributed by atoms with E-state index >= 15 is 0 Å². The average Bonchev–Trinajstić information content (AvgIpc) is 2.66. The highest BCUT2D eigenvalue weighted by Gasteiger charge is 2.29. The molecule has 2 aromatic carbocycles. The van der Waals surface area contributed by atoms with Crippen LogP contribution in [0.5, 0.6) is 5.75 Å². The van der Waals surface area contributed by atoms with E-state index in [2.05, 4.69) is 24.4 Å². The molecule has 4 nitrogen and oxygen atoms in total. The Labute approximate surface area is 143 Å². The van der Waals surface area contributed by atoms with Crippen LogP contribution in [0.4, 0.5) is 0 Å². The predicted molar refractivity (Wildman–Crippen MR) is 96.8 cm³/mol. The van der Waals surface area contributed by atoms with E-state index in [9.17, 15) is 4.79 Å². The van der Waals surface area contributed by atoms with Crippen LogP contribution in [0, 0.1) is 0 Å². The van der Waals surface area contributed by atoms with Crippen molar-refractivity contribution in [1.82, 2.24) is 10.9 Å². The van der Waals surface area contributed by atoms with Crippen molar-refractivity contribution in [3.8, 4) is 5.75 Å². The first-order valence-corrected chi connectivity index (χ1v) is 8.03. The number of ether oxygens (including phenoxy) is 1. The van der Waals surface area contributed by atoms with Gasteiger partial charge in [-0.15, -0.1) is 6.58 Å². The summed E-state index contributed by atoms with van der Waals surface area (Å²) in [7, 11) is 1.64. The third-order valence-corrected chi connectivity index (χ3v) is 4.19. The Kier molecular flexibility index (Phi) is 6.15. The van der Waals surface area contributed by atoms with Crippen LogP contribution in [0.15, 0.2) is 67.3 Å². The van der Waals surface area contributed by atoms with Crippen molar-refractivity contribution in [1.29, 1.82) is 0 Å². The zero-order valence-electron chi connectivity index (χ0n) is 14.2. The summed E-state index contributed by atoms with van der Waals surface area (Å²) >= 11 is 0. The second-order valence-electron chi connectivity index (χ2n) is 5.60. The van der Waals surface area contributed by atoms with Crippen LogP contribution in [0.2, 0.25) is 0 Å². The smallest absolute Gasteiger partial charge is 0.265 e. The van der Waals surface area contributed by atoms with Crippen LogP contribution in [0.3, 0.4) is 0 Å². The Bertz CT molecular complexity index is 668. The lowest BCUT2D eigenvalue weighted by Gasteiger charge is -2.34. The van der Waals surface area contributed by atoms with Gasteiger partial charge in [-0.25, -0.2) is 5.43 Å². The van der Waals surface area contributed by atoms with Crippen molar-refractivity contribution in [2.75, 3.05) is 7.11 Å². The van der Waals surface area contributed by atoms with Crippen molar-refractivity contribution < 1.29 is 9.53 Å². The molecule has 0 aliphatic carbocycles. The topological polar surface area (TPSA) is 50.4 Å². The summed E-state index contributed by atoms with van der Waals surface area (Å²) in [5, 5.41) is 0. The summed E-state index contributed by atoms with van der Waals surface area (Å²) in [5.74, 6) is 0.640. The zero-order valence-corrected chi connectivity index (χ0v) is 14.2. The first kappa shape index (κ1) is 17.8. The van der Waals surface area contributed by atoms with Gasteiger partial charge in [-0.1, -0.05) is 43.3 Å². The van der Waals surface area contributed by atoms with Crippen molar-refractivity contribution in [3.05, 3.63) is 78.4 Å². The predicted octanol–water partition coefficient (Wildman–Crippen LogP) is 3.81. The third kappa shape index (κ3) is 4.03. The summed E-state index contributed by atoms with van der Waals surface area (Å²) in [6, 6.07) is 17.0. The minimum absolute atomic E-state index is 0.161. The Morgan fingerprint density at radius 3 is 2.38 bits per heavy atom. The minimum atomic E-state index is -0.418. The Morgan fingerprint density at radius 1 is 1.17 bits per heavy atom. The van der Waals surface area contributed by atoms with Crippen LogP contribution < -0.4 is 15.6 Å². The molecule has 0 spiro atoms. The number of amides is 1. The van der Waals surface area contributed by atoms with Gasteiger partial charge in [-0.3, -0.25) is 10.2 Å². The molecule has 1 amide bonds. The van der Waals surface area contributed by atoms with E-state index in [1.807, 2.05) is 48.5 Å². The van der Waals surface area contributed by atoms with Crippen LogP contribution in [-0.4, -0.2) is 13.0 Å². The van der Waals surface area contributed by atoms with E-state index in [1.54, 1.807) is 19.2 Å². The van der Waals surface area contributed by atoms with E-state index in [0.29, 0.717) is 12.0 Å². The third-order valence-electron chi connectivity index (χ3n) is 4.19. The van der Waals surface area contributed by atoms with Crippen molar-refractivity contribution in [3.63, 3.8) is 0 Å². The second kappa shape index (κ2) is 8.31. The van der Waals surface area contributed by atoms with E-state index in [-0.39, 0.29) is 5.91 Å². The molecule has 0 saturated carbocycles. The van der Waals surface area contributed by atoms with Gasteiger partial charge in [0, 0.05) is 5.56 Å². The summed E-state index contributed by atoms with van der Waals surface area (Å²) in [6.45, 7) is 5.94. The van der Waals surface area contributed by atoms with Gasteiger partial charge in [0.2, 0.25) is 0 Å². The average molecular weight is 324 g/mol. The minimum Gasteiger partial charge on any atom is -0.497 e. The number of nitrogens with one attached hydrogen (secondary N) is 2. The second-order valence-corrected chi connectivity index (χ2v) is 5.60. The van der Waals surface area contributed by atoms with E-state index in [1.165, 1.54) is 0 Å². The molecule has 126 valence electrons. The molecular weight excluding hydrogens is 300 g/mol. The lowest BCUT2D eigenvalue weighted by atomic mass is 9.84. The standard InChI is InChI=1S/C20H24N2O2/c1-4-15-20(5-2,17-11-13-18(24-3)14-12-17)22-21-19(23)16-9-7-6-8-10-16/h4,6-14,22H,1,5,15H2,2-3H3,(H,21,23)/t20-/m1/s1. The van der Waals surface area contributed by atoms with Crippen molar-refractivity contribution in [2.45, 2.75) is 25.3 Å². The summed E-state index contributed by atoms with van der Waals surface area (Å²) in [6.07, 6.45) is 3.33. The van der Waals surface area contributed by atoms with Gasteiger partial charge < -0.3 is 4.74 Å². The molecule has 1 atom stereocenters. The van der Waals surface area contributed by atoms with Crippen LogP contribution >= 0.6 is 0 Å². The highest BCUT2D eigenvalue weighted by Crippen LogP contribution is 2.30. The first-order valence-electron chi connectivity index (χ1n) is 8.03. The highest BCUT2D eigenvalue weighted by molar-refractivity contribution is 5.93. The van der Waals surface area contributed by atoms with Gasteiger partial charge >= 0.3 is 0 Å². The van der Waals surface area contributed by atoms with Gasteiger partial charge in [0.25, 0.3) is 5.91 Å². The Morgan fingerprint density at radius 2 is 1.83 bits per heavy atom. The fraction of sp³-hybridized carbons (Fsp3) is 0.250. The number of hydrogen-bond donors (Lipinski definition) is 2. The van der Waals surface area contributed by atoms with Gasteiger partial charge in [-0.2, -0.15) is 0 Å². The molecule has 4 heteroatoms. The monoisotopic (exact) mass is 324 g/mol. The lowest BCUT2D eigenvalue weighted by Crippen LogP contribution is -2.51. The lowest BCUT2D eigenvalue weighted by molar-refractivity contribution is 0.0900.